The number of rotatable bonds is 7. The molecule has 0 aliphatic carbocycles. The lowest BCUT2D eigenvalue weighted by Crippen LogP contribution is -2.26. The number of non-ortho nitro benzene ring substituents is 1. The molecule has 0 unspecified atom stereocenters. The Kier molecular flexibility index (Phi) is 5.51. The molecule has 0 aromatic heterocycles. The van der Waals surface area contributed by atoms with Crippen LogP contribution in [0.15, 0.2) is 18.2 Å². The number of hydrogen-bond donors (Lipinski definition) is 2. The van der Waals surface area contributed by atoms with E-state index < -0.39 is 10.9 Å². The Morgan fingerprint density at radius 1 is 1.47 bits per heavy atom. The SMILES string of the molecule is COc1ccc([N+](=O)[O-])cc1OCCC(=O)ONN. The van der Waals surface area contributed by atoms with Gasteiger partial charge in [-0.3, -0.25) is 14.9 Å². The van der Waals surface area contributed by atoms with Gasteiger partial charge in [-0.25, -0.2) is 5.84 Å². The lowest BCUT2D eigenvalue weighted by molar-refractivity contribution is -0.385. The molecule has 0 fully saturated rings. The number of carbonyl (C=O) groups is 1. The Labute approximate surface area is 108 Å². The zero-order chi connectivity index (χ0) is 14.3. The number of nitro benzene ring substituents is 1. The molecule has 0 aliphatic heterocycles. The molecular weight excluding hydrogens is 258 g/mol. The van der Waals surface area contributed by atoms with Gasteiger partial charge in [-0.05, 0) is 6.07 Å². The fraction of sp³-hybridized carbons (Fsp3) is 0.300. The monoisotopic (exact) mass is 271 g/mol. The summed E-state index contributed by atoms with van der Waals surface area (Å²) in [6.45, 7) is -0.0297. The maximum Gasteiger partial charge on any atom is 0.329 e. The summed E-state index contributed by atoms with van der Waals surface area (Å²) in [7, 11) is 1.40. The number of nitrogens with one attached hydrogen (secondary N) is 1. The van der Waals surface area contributed by atoms with Gasteiger partial charge >= 0.3 is 5.97 Å². The molecule has 19 heavy (non-hydrogen) atoms. The van der Waals surface area contributed by atoms with Gasteiger partial charge < -0.3 is 14.3 Å². The van der Waals surface area contributed by atoms with Crippen LogP contribution < -0.4 is 20.9 Å². The lowest BCUT2D eigenvalue weighted by atomic mass is 10.3. The van der Waals surface area contributed by atoms with E-state index in [1.54, 1.807) is 5.59 Å². The zero-order valence-corrected chi connectivity index (χ0v) is 10.1. The summed E-state index contributed by atoms with van der Waals surface area (Å²) in [6, 6.07) is 3.91. The molecule has 9 nitrogen and oxygen atoms in total. The first-order valence-electron chi connectivity index (χ1n) is 5.19. The second-order valence-electron chi connectivity index (χ2n) is 3.28. The van der Waals surface area contributed by atoms with E-state index in [4.69, 9.17) is 15.3 Å². The van der Waals surface area contributed by atoms with Gasteiger partial charge in [-0.15, -0.1) is 0 Å². The molecule has 1 aromatic carbocycles. The number of benzene rings is 1. The molecule has 0 spiro atoms. The van der Waals surface area contributed by atoms with Crippen molar-refractivity contribution in [3.63, 3.8) is 0 Å². The summed E-state index contributed by atoms with van der Waals surface area (Å²) in [5.41, 5.74) is 1.61. The van der Waals surface area contributed by atoms with E-state index in [1.165, 1.54) is 25.3 Å². The highest BCUT2D eigenvalue weighted by Gasteiger charge is 2.13. The van der Waals surface area contributed by atoms with Gasteiger partial charge in [0.1, 0.15) is 0 Å². The number of ether oxygens (including phenoxy) is 2. The predicted molar refractivity (Wildman–Crippen MR) is 63.2 cm³/mol. The van der Waals surface area contributed by atoms with E-state index in [2.05, 4.69) is 4.84 Å². The highest BCUT2D eigenvalue weighted by Crippen LogP contribution is 2.31. The van der Waals surface area contributed by atoms with Crippen LogP contribution in [0.4, 0.5) is 5.69 Å². The van der Waals surface area contributed by atoms with Crippen molar-refractivity contribution in [2.45, 2.75) is 6.42 Å². The second-order valence-corrected chi connectivity index (χ2v) is 3.28. The average Bonchev–Trinajstić information content (AvgIpc) is 2.38. The molecule has 0 aliphatic rings. The third-order valence-electron chi connectivity index (χ3n) is 2.09. The summed E-state index contributed by atoms with van der Waals surface area (Å²) < 4.78 is 10.2. The Balaban J connectivity index is 2.67. The quantitative estimate of drug-likeness (QED) is 0.411. The summed E-state index contributed by atoms with van der Waals surface area (Å²) in [5, 5.41) is 10.6. The van der Waals surface area contributed by atoms with E-state index in [0.29, 0.717) is 5.75 Å². The molecule has 104 valence electrons. The lowest BCUT2D eigenvalue weighted by Gasteiger charge is -2.09. The summed E-state index contributed by atoms with van der Waals surface area (Å²) in [5.74, 6) is 4.66. The number of nitro groups is 1. The molecule has 0 saturated carbocycles. The smallest absolute Gasteiger partial charge is 0.329 e. The zero-order valence-electron chi connectivity index (χ0n) is 10.1. The minimum atomic E-state index is -0.619. The highest BCUT2D eigenvalue weighted by molar-refractivity contribution is 5.69. The van der Waals surface area contributed by atoms with E-state index >= 15 is 0 Å². The predicted octanol–water partition coefficient (Wildman–Crippen LogP) is 0.294. The van der Waals surface area contributed by atoms with Gasteiger partial charge in [-0.2, -0.15) is 0 Å². The maximum atomic E-state index is 11.0. The largest absolute Gasteiger partial charge is 0.493 e. The Morgan fingerprint density at radius 3 is 2.79 bits per heavy atom. The van der Waals surface area contributed by atoms with Gasteiger partial charge in [0.05, 0.1) is 31.1 Å². The molecule has 0 atom stereocenters. The Morgan fingerprint density at radius 2 is 2.21 bits per heavy atom. The van der Waals surface area contributed by atoms with Crippen LogP contribution in [0.2, 0.25) is 0 Å². The van der Waals surface area contributed by atoms with Crippen molar-refractivity contribution in [2.75, 3.05) is 13.7 Å². The molecule has 9 heteroatoms. The number of nitrogens with zero attached hydrogens (tertiary/aromatic N) is 1. The fourth-order valence-corrected chi connectivity index (χ4v) is 1.25. The first-order chi connectivity index (χ1) is 9.08. The minimum Gasteiger partial charge on any atom is -0.493 e. The summed E-state index contributed by atoms with van der Waals surface area (Å²) in [6.07, 6.45) is -0.0734. The number of hydrazine groups is 1. The summed E-state index contributed by atoms with van der Waals surface area (Å²) >= 11 is 0. The molecule has 0 radical (unpaired) electrons. The second kappa shape index (κ2) is 7.13. The highest BCUT2D eigenvalue weighted by atomic mass is 16.7. The van der Waals surface area contributed by atoms with Crippen molar-refractivity contribution in [3.8, 4) is 11.5 Å². The molecule has 1 aromatic rings. The molecule has 0 bridgehead atoms. The molecule has 0 heterocycles. The summed E-state index contributed by atoms with van der Waals surface area (Å²) in [4.78, 5) is 25.3. The van der Waals surface area contributed by atoms with Crippen molar-refractivity contribution >= 4 is 11.7 Å². The van der Waals surface area contributed by atoms with Crippen molar-refractivity contribution in [1.82, 2.24) is 5.59 Å². The van der Waals surface area contributed by atoms with Gasteiger partial charge in [0.2, 0.25) is 0 Å². The van der Waals surface area contributed by atoms with Crippen LogP contribution in [0.5, 0.6) is 11.5 Å². The van der Waals surface area contributed by atoms with Crippen LogP contribution in [0.1, 0.15) is 6.42 Å². The van der Waals surface area contributed by atoms with Crippen LogP contribution in [-0.4, -0.2) is 24.6 Å². The standard InChI is InChI=1S/C10H13N3O6/c1-17-8-3-2-7(13(15)16)6-9(8)18-5-4-10(14)19-12-11/h2-3,6,12H,4-5,11H2,1H3. The van der Waals surface area contributed by atoms with E-state index in [-0.39, 0.29) is 24.5 Å². The molecule has 0 amide bonds. The number of methoxy groups -OCH3 is 1. The van der Waals surface area contributed by atoms with Crippen molar-refractivity contribution in [1.29, 1.82) is 0 Å². The third-order valence-corrected chi connectivity index (χ3v) is 2.09. The first-order valence-corrected chi connectivity index (χ1v) is 5.19. The molecule has 3 N–H and O–H groups in total. The van der Waals surface area contributed by atoms with Crippen LogP contribution in [0, 0.1) is 10.1 Å². The van der Waals surface area contributed by atoms with Crippen LogP contribution >= 0.6 is 0 Å². The Hall–Kier alpha value is -2.39. The van der Waals surface area contributed by atoms with Crippen LogP contribution in [-0.2, 0) is 9.63 Å². The van der Waals surface area contributed by atoms with E-state index in [9.17, 15) is 14.9 Å². The van der Waals surface area contributed by atoms with Crippen LogP contribution in [0.25, 0.3) is 0 Å². The van der Waals surface area contributed by atoms with E-state index in [1.807, 2.05) is 0 Å². The normalized spacial score (nSPS) is 9.79. The Bertz CT molecular complexity index is 465. The van der Waals surface area contributed by atoms with Gasteiger partial charge in [-0.1, -0.05) is 5.59 Å². The van der Waals surface area contributed by atoms with E-state index in [0.717, 1.165) is 0 Å². The molecule has 0 saturated heterocycles. The maximum absolute atomic E-state index is 11.0. The van der Waals surface area contributed by atoms with Crippen molar-refractivity contribution in [2.24, 2.45) is 5.84 Å². The van der Waals surface area contributed by atoms with Gasteiger partial charge in [0.15, 0.2) is 11.5 Å². The van der Waals surface area contributed by atoms with Crippen molar-refractivity contribution < 1.29 is 24.0 Å². The molecule has 1 rings (SSSR count). The topological polar surface area (TPSA) is 126 Å². The van der Waals surface area contributed by atoms with Crippen LogP contribution in [0.3, 0.4) is 0 Å². The van der Waals surface area contributed by atoms with Gasteiger partial charge in [0, 0.05) is 6.07 Å². The number of carbonyl (C=O) groups excluding carboxylic acids is 1. The first kappa shape index (κ1) is 14.7. The number of nitrogens with two attached hydrogens (primary N) is 1. The van der Waals surface area contributed by atoms with Crippen molar-refractivity contribution in [3.05, 3.63) is 28.3 Å². The van der Waals surface area contributed by atoms with Gasteiger partial charge in [0.25, 0.3) is 5.69 Å². The fourth-order valence-electron chi connectivity index (χ4n) is 1.25. The average molecular weight is 271 g/mol. The number of hydrogen-bond acceptors (Lipinski definition) is 8. The molecular formula is C10H13N3O6. The minimum absolute atomic E-state index is 0.0297. The third kappa shape index (κ3) is 4.41.